The number of ether oxygens (including phenoxy) is 3. The van der Waals surface area contributed by atoms with Crippen molar-refractivity contribution >= 4 is 35.2 Å². The van der Waals surface area contributed by atoms with Gasteiger partial charge in [-0.1, -0.05) is 0 Å². The molecule has 3 amide bonds. The van der Waals surface area contributed by atoms with Gasteiger partial charge < -0.3 is 19.5 Å². The van der Waals surface area contributed by atoms with Gasteiger partial charge in [0.15, 0.2) is 11.5 Å². The second-order valence-corrected chi connectivity index (χ2v) is 7.65. The van der Waals surface area contributed by atoms with Crippen molar-refractivity contribution in [2.24, 2.45) is 0 Å². The first-order valence-electron chi connectivity index (χ1n) is 9.30. The van der Waals surface area contributed by atoms with Gasteiger partial charge in [-0.05, 0) is 42.0 Å². The molecular formula is C21H23N3O6S. The number of carbonyl (C=O) groups is 3. The molecule has 3 rings (SSSR count). The van der Waals surface area contributed by atoms with Crippen LogP contribution in [0.25, 0.3) is 0 Å². The average Bonchev–Trinajstić information content (AvgIpc) is 3.12. The zero-order valence-electron chi connectivity index (χ0n) is 17.6. The van der Waals surface area contributed by atoms with Gasteiger partial charge in [-0.15, -0.1) is 11.8 Å². The number of nitrogens with zero attached hydrogens (tertiary/aromatic N) is 1. The van der Waals surface area contributed by atoms with Gasteiger partial charge in [-0.25, -0.2) is 5.01 Å². The van der Waals surface area contributed by atoms with E-state index >= 15 is 0 Å². The molecule has 2 N–H and O–H groups in total. The Labute approximate surface area is 184 Å². The Hall–Kier alpha value is -3.40. The summed E-state index contributed by atoms with van der Waals surface area (Å²) in [6, 6.07) is 9.88. The number of hydrogen-bond acceptors (Lipinski definition) is 7. The van der Waals surface area contributed by atoms with E-state index in [1.54, 1.807) is 36.4 Å². The van der Waals surface area contributed by atoms with Crippen molar-refractivity contribution in [3.63, 3.8) is 0 Å². The monoisotopic (exact) mass is 445 g/mol. The van der Waals surface area contributed by atoms with Gasteiger partial charge in [-0.3, -0.25) is 19.8 Å². The van der Waals surface area contributed by atoms with Crippen LogP contribution in [0.3, 0.4) is 0 Å². The van der Waals surface area contributed by atoms with Crippen molar-refractivity contribution in [1.82, 2.24) is 10.4 Å². The van der Waals surface area contributed by atoms with Crippen molar-refractivity contribution in [3.8, 4) is 17.2 Å². The van der Waals surface area contributed by atoms with Gasteiger partial charge in [-0.2, -0.15) is 0 Å². The summed E-state index contributed by atoms with van der Waals surface area (Å²) in [6.45, 7) is 1.40. The fourth-order valence-electron chi connectivity index (χ4n) is 3.12. The zero-order chi connectivity index (χ0) is 22.5. The van der Waals surface area contributed by atoms with E-state index in [2.05, 4.69) is 10.7 Å². The summed E-state index contributed by atoms with van der Waals surface area (Å²) in [5, 5.41) is 3.47. The number of anilines is 1. The number of hydrazine groups is 1. The van der Waals surface area contributed by atoms with E-state index in [9.17, 15) is 14.4 Å². The quantitative estimate of drug-likeness (QED) is 0.675. The highest BCUT2D eigenvalue weighted by atomic mass is 32.2. The molecule has 1 aliphatic heterocycles. The zero-order valence-corrected chi connectivity index (χ0v) is 18.4. The number of methoxy groups -OCH3 is 3. The topological polar surface area (TPSA) is 106 Å². The van der Waals surface area contributed by atoms with Crippen molar-refractivity contribution in [2.45, 2.75) is 12.3 Å². The Morgan fingerprint density at radius 1 is 1.03 bits per heavy atom. The van der Waals surface area contributed by atoms with Crippen molar-refractivity contribution < 1.29 is 28.6 Å². The molecule has 31 heavy (non-hydrogen) atoms. The predicted molar refractivity (Wildman–Crippen MR) is 116 cm³/mol. The molecule has 1 unspecified atom stereocenters. The highest BCUT2D eigenvalue weighted by molar-refractivity contribution is 8.00. The number of nitrogens with one attached hydrogen (secondary N) is 2. The lowest BCUT2D eigenvalue weighted by Gasteiger charge is -2.25. The smallest absolute Gasteiger partial charge is 0.269 e. The normalized spacial score (nSPS) is 15.4. The van der Waals surface area contributed by atoms with Crippen molar-refractivity contribution in [3.05, 3.63) is 47.5 Å². The summed E-state index contributed by atoms with van der Waals surface area (Å²) in [7, 11) is 4.54. The van der Waals surface area contributed by atoms with Crippen LogP contribution in [0.2, 0.25) is 0 Å². The van der Waals surface area contributed by atoms with E-state index in [0.717, 1.165) is 0 Å². The van der Waals surface area contributed by atoms with Gasteiger partial charge in [0.2, 0.25) is 11.7 Å². The molecule has 10 heteroatoms. The summed E-state index contributed by atoms with van der Waals surface area (Å²) in [5.74, 6) is 0.689. The Bertz CT molecular complexity index is 970. The van der Waals surface area contributed by atoms with Crippen LogP contribution in [-0.4, -0.2) is 49.8 Å². The summed E-state index contributed by atoms with van der Waals surface area (Å²) < 4.78 is 16.1. The van der Waals surface area contributed by atoms with Crippen LogP contribution in [0.1, 0.15) is 28.2 Å². The van der Waals surface area contributed by atoms with E-state index in [1.807, 2.05) is 0 Å². The van der Waals surface area contributed by atoms with Gasteiger partial charge in [0.05, 0.1) is 27.1 Å². The summed E-state index contributed by atoms with van der Waals surface area (Å²) in [5.41, 5.74) is 4.32. The lowest BCUT2D eigenvalue weighted by Crippen LogP contribution is -2.44. The Morgan fingerprint density at radius 3 is 2.16 bits per heavy atom. The summed E-state index contributed by atoms with van der Waals surface area (Å²) in [4.78, 5) is 36.4. The molecule has 0 aromatic heterocycles. The minimum absolute atomic E-state index is 0.204. The number of rotatable bonds is 7. The van der Waals surface area contributed by atoms with Crippen molar-refractivity contribution in [1.29, 1.82) is 0 Å². The van der Waals surface area contributed by atoms with Crippen LogP contribution >= 0.6 is 11.8 Å². The molecule has 1 fully saturated rings. The first-order valence-corrected chi connectivity index (χ1v) is 10.3. The first kappa shape index (κ1) is 22.3. The second kappa shape index (κ2) is 9.61. The molecule has 9 nitrogen and oxygen atoms in total. The van der Waals surface area contributed by atoms with Crippen LogP contribution < -0.4 is 25.0 Å². The highest BCUT2D eigenvalue weighted by Gasteiger charge is 2.35. The Balaban J connectivity index is 1.83. The van der Waals surface area contributed by atoms with E-state index in [4.69, 9.17) is 14.2 Å². The minimum Gasteiger partial charge on any atom is -0.493 e. The van der Waals surface area contributed by atoms with Crippen LogP contribution in [-0.2, 0) is 9.59 Å². The maximum Gasteiger partial charge on any atom is 0.269 e. The van der Waals surface area contributed by atoms with Gasteiger partial charge in [0, 0.05) is 18.2 Å². The molecule has 0 spiro atoms. The number of benzene rings is 2. The maximum atomic E-state index is 12.7. The summed E-state index contributed by atoms with van der Waals surface area (Å²) in [6.07, 6.45) is 0. The lowest BCUT2D eigenvalue weighted by atomic mass is 10.1. The molecule has 1 heterocycles. The molecule has 1 atom stereocenters. The molecular weight excluding hydrogens is 422 g/mol. The number of thioether (sulfide) groups is 1. The van der Waals surface area contributed by atoms with E-state index in [0.29, 0.717) is 34.1 Å². The highest BCUT2D eigenvalue weighted by Crippen LogP contribution is 2.45. The Morgan fingerprint density at radius 2 is 1.65 bits per heavy atom. The minimum atomic E-state index is -0.469. The third-order valence-electron chi connectivity index (χ3n) is 4.53. The van der Waals surface area contributed by atoms with E-state index in [1.165, 1.54) is 45.0 Å². The number of amides is 3. The average molecular weight is 445 g/mol. The molecule has 2 aromatic carbocycles. The molecule has 0 saturated carbocycles. The van der Waals surface area contributed by atoms with Crippen LogP contribution in [0, 0.1) is 0 Å². The molecule has 0 bridgehead atoms. The molecule has 0 aliphatic carbocycles. The lowest BCUT2D eigenvalue weighted by molar-refractivity contribution is -0.130. The van der Waals surface area contributed by atoms with Crippen LogP contribution in [0.4, 0.5) is 5.69 Å². The third kappa shape index (κ3) is 4.85. The summed E-state index contributed by atoms with van der Waals surface area (Å²) >= 11 is 1.37. The number of carbonyl (C=O) groups excluding carboxylic acids is 3. The van der Waals surface area contributed by atoms with Gasteiger partial charge in [0.25, 0.3) is 11.8 Å². The molecule has 2 aromatic rings. The maximum absolute atomic E-state index is 12.7. The SMILES string of the molecule is COc1cc(C2SCC(=O)N2NC(=O)c2ccc(NC(C)=O)cc2)cc(OC)c1OC. The molecule has 1 aliphatic rings. The molecule has 164 valence electrons. The molecule has 0 radical (unpaired) electrons. The fourth-order valence-corrected chi connectivity index (χ4v) is 4.20. The first-order chi connectivity index (χ1) is 14.9. The third-order valence-corrected chi connectivity index (χ3v) is 5.74. The van der Waals surface area contributed by atoms with Gasteiger partial charge >= 0.3 is 0 Å². The van der Waals surface area contributed by atoms with Crippen LogP contribution in [0.15, 0.2) is 36.4 Å². The Kier molecular flexibility index (Phi) is 6.91. The fraction of sp³-hybridized carbons (Fsp3) is 0.286. The standard InChI is InChI=1S/C21H23N3O6S/c1-12(25)22-15-7-5-13(6-8-15)20(27)23-24-18(26)11-31-21(24)14-9-16(28-2)19(30-4)17(10-14)29-3/h5-10,21H,11H2,1-4H3,(H,22,25)(H,23,27). The predicted octanol–water partition coefficient (Wildman–Crippen LogP) is 2.59. The van der Waals surface area contributed by atoms with Gasteiger partial charge in [0.1, 0.15) is 5.37 Å². The second-order valence-electron chi connectivity index (χ2n) is 6.59. The number of hydrogen-bond donors (Lipinski definition) is 2. The van der Waals surface area contributed by atoms with Crippen molar-refractivity contribution in [2.75, 3.05) is 32.4 Å². The van der Waals surface area contributed by atoms with E-state index < -0.39 is 11.3 Å². The van der Waals surface area contributed by atoms with Crippen LogP contribution in [0.5, 0.6) is 17.2 Å². The largest absolute Gasteiger partial charge is 0.493 e. The molecule has 1 saturated heterocycles. The van der Waals surface area contributed by atoms with E-state index in [-0.39, 0.29) is 17.6 Å².